The van der Waals surface area contributed by atoms with E-state index >= 15 is 0 Å². The fourth-order valence-electron chi connectivity index (χ4n) is 3.49. The van der Waals surface area contributed by atoms with Crippen molar-refractivity contribution in [2.24, 2.45) is 0 Å². The quantitative estimate of drug-likeness (QED) is 0.667. The highest BCUT2D eigenvalue weighted by atomic mass is 19.3. The normalized spacial score (nSPS) is 16.8. The van der Waals surface area contributed by atoms with Gasteiger partial charge in [-0.25, -0.2) is 13.8 Å². The van der Waals surface area contributed by atoms with Gasteiger partial charge in [0.1, 0.15) is 11.5 Å². The summed E-state index contributed by atoms with van der Waals surface area (Å²) in [5.41, 5.74) is 0.798. The summed E-state index contributed by atoms with van der Waals surface area (Å²) in [6.07, 6.45) is 0.105. The molecule has 1 N–H and O–H groups in total. The molecule has 3 heterocycles. The summed E-state index contributed by atoms with van der Waals surface area (Å²) in [4.78, 5) is 23.1. The van der Waals surface area contributed by atoms with Gasteiger partial charge in [0.05, 0.1) is 0 Å². The predicted molar refractivity (Wildman–Crippen MR) is 106 cm³/mol. The number of carbonyl (C=O) groups excluding carboxylic acids is 1. The molecule has 0 bridgehead atoms. The predicted octanol–water partition coefficient (Wildman–Crippen LogP) is 3.80. The molecular formula is C22H20F2N4O. The lowest BCUT2D eigenvalue weighted by Gasteiger charge is -2.35. The van der Waals surface area contributed by atoms with Crippen molar-refractivity contribution >= 4 is 11.6 Å². The van der Waals surface area contributed by atoms with Crippen LogP contribution in [0, 0.1) is 0 Å². The van der Waals surface area contributed by atoms with Crippen LogP contribution in [-0.4, -0.2) is 35.4 Å². The van der Waals surface area contributed by atoms with Gasteiger partial charge in [-0.15, -0.1) is 0 Å². The minimum atomic E-state index is -2.78. The van der Waals surface area contributed by atoms with E-state index in [1.165, 1.54) is 18.5 Å². The minimum absolute atomic E-state index is 0.0963. The third-order valence-corrected chi connectivity index (χ3v) is 4.99. The summed E-state index contributed by atoms with van der Waals surface area (Å²) in [7, 11) is 0. The Morgan fingerprint density at radius 1 is 1.10 bits per heavy atom. The van der Waals surface area contributed by atoms with Crippen LogP contribution in [0.4, 0.5) is 14.6 Å². The van der Waals surface area contributed by atoms with Crippen molar-refractivity contribution in [2.75, 3.05) is 24.5 Å². The summed E-state index contributed by atoms with van der Waals surface area (Å²) >= 11 is 0. The highest BCUT2D eigenvalue weighted by molar-refractivity contribution is 6.08. The Morgan fingerprint density at radius 2 is 1.93 bits per heavy atom. The third kappa shape index (κ3) is 4.14. The Balaban J connectivity index is 1.65. The topological polar surface area (TPSA) is 58.1 Å². The van der Waals surface area contributed by atoms with Crippen LogP contribution in [0.25, 0.3) is 0 Å². The average molecular weight is 394 g/mol. The Bertz CT molecular complexity index is 983. The number of rotatable bonds is 5. The number of alkyl halides is 2. The van der Waals surface area contributed by atoms with Gasteiger partial charge in [-0.05, 0) is 29.8 Å². The second-order valence-electron chi connectivity index (χ2n) is 6.84. The van der Waals surface area contributed by atoms with Crippen LogP contribution in [0.2, 0.25) is 0 Å². The third-order valence-electron chi connectivity index (χ3n) is 4.99. The van der Waals surface area contributed by atoms with Crippen molar-refractivity contribution in [1.29, 1.82) is 0 Å². The van der Waals surface area contributed by atoms with Crippen LogP contribution >= 0.6 is 0 Å². The van der Waals surface area contributed by atoms with Crippen LogP contribution in [0.15, 0.2) is 67.0 Å². The number of ketones is 1. The standard InChI is InChI=1S/C22H20F2N4O/c23-22(24)17-8-9-19(27-20(17)21(29)16-7-4-10-25-13-16)28-12-11-26-18(14-28)15-5-2-1-3-6-15/h1-10,13,18,22,26H,11-12,14H2. The molecule has 148 valence electrons. The molecule has 1 fully saturated rings. The zero-order chi connectivity index (χ0) is 20.2. The molecule has 3 aromatic rings. The number of hydrogen-bond donors (Lipinski definition) is 1. The van der Waals surface area contributed by atoms with Crippen LogP contribution in [-0.2, 0) is 0 Å². The molecule has 0 radical (unpaired) electrons. The number of carbonyl (C=O) groups is 1. The van der Waals surface area contributed by atoms with Gasteiger partial charge in [0, 0.05) is 49.2 Å². The first kappa shape index (κ1) is 19.1. The molecule has 1 unspecified atom stereocenters. The molecule has 0 aliphatic carbocycles. The number of aromatic nitrogens is 2. The van der Waals surface area contributed by atoms with E-state index in [-0.39, 0.29) is 22.9 Å². The van der Waals surface area contributed by atoms with Gasteiger partial charge in [0.2, 0.25) is 5.78 Å². The number of anilines is 1. The molecule has 29 heavy (non-hydrogen) atoms. The zero-order valence-corrected chi connectivity index (χ0v) is 15.6. The number of benzene rings is 1. The summed E-state index contributed by atoms with van der Waals surface area (Å²) in [5.74, 6) is -0.0333. The fourth-order valence-corrected chi connectivity index (χ4v) is 3.49. The van der Waals surface area contributed by atoms with Gasteiger partial charge in [-0.2, -0.15) is 0 Å². The maximum Gasteiger partial charge on any atom is 0.266 e. The van der Waals surface area contributed by atoms with Crippen molar-refractivity contribution in [3.63, 3.8) is 0 Å². The Kier molecular flexibility index (Phi) is 5.57. The Hall–Kier alpha value is -3.19. The number of nitrogens with one attached hydrogen (secondary N) is 1. The Morgan fingerprint density at radius 3 is 2.66 bits per heavy atom. The molecule has 1 atom stereocenters. The van der Waals surface area contributed by atoms with Crippen molar-refractivity contribution in [3.8, 4) is 0 Å². The number of hydrogen-bond acceptors (Lipinski definition) is 5. The molecule has 0 saturated carbocycles. The fraction of sp³-hybridized carbons (Fsp3) is 0.227. The highest BCUT2D eigenvalue weighted by Crippen LogP contribution is 2.28. The lowest BCUT2D eigenvalue weighted by Crippen LogP contribution is -2.46. The lowest BCUT2D eigenvalue weighted by molar-refractivity contribution is 0.101. The average Bonchev–Trinajstić information content (AvgIpc) is 2.79. The van der Waals surface area contributed by atoms with E-state index < -0.39 is 12.2 Å². The van der Waals surface area contributed by atoms with Gasteiger partial charge in [-0.3, -0.25) is 9.78 Å². The SMILES string of the molecule is O=C(c1cccnc1)c1nc(N2CCNC(c3ccccc3)C2)ccc1C(F)F. The smallest absolute Gasteiger partial charge is 0.266 e. The first-order chi connectivity index (χ1) is 14.1. The highest BCUT2D eigenvalue weighted by Gasteiger charge is 2.26. The van der Waals surface area contributed by atoms with Crippen molar-refractivity contribution in [2.45, 2.75) is 12.5 Å². The van der Waals surface area contributed by atoms with E-state index in [4.69, 9.17) is 0 Å². The second kappa shape index (κ2) is 8.45. The number of piperazine rings is 1. The lowest BCUT2D eigenvalue weighted by atomic mass is 10.0. The van der Waals surface area contributed by atoms with E-state index in [9.17, 15) is 13.6 Å². The van der Waals surface area contributed by atoms with Crippen molar-refractivity contribution in [3.05, 3.63) is 89.4 Å². The first-order valence-electron chi connectivity index (χ1n) is 9.40. The minimum Gasteiger partial charge on any atom is -0.353 e. The Labute approximate surface area is 167 Å². The molecule has 2 aromatic heterocycles. The molecule has 7 heteroatoms. The second-order valence-corrected chi connectivity index (χ2v) is 6.84. The molecule has 0 spiro atoms. The van der Waals surface area contributed by atoms with E-state index in [0.29, 0.717) is 18.9 Å². The van der Waals surface area contributed by atoms with Crippen molar-refractivity contribution in [1.82, 2.24) is 15.3 Å². The van der Waals surface area contributed by atoms with E-state index in [1.54, 1.807) is 18.2 Å². The summed E-state index contributed by atoms with van der Waals surface area (Å²) in [5, 5.41) is 3.46. The van der Waals surface area contributed by atoms with Crippen LogP contribution in [0.3, 0.4) is 0 Å². The van der Waals surface area contributed by atoms with Crippen LogP contribution < -0.4 is 10.2 Å². The summed E-state index contributed by atoms with van der Waals surface area (Å²) in [6.45, 7) is 2.03. The van der Waals surface area contributed by atoms with Crippen molar-refractivity contribution < 1.29 is 13.6 Å². The summed E-state index contributed by atoms with van der Waals surface area (Å²) < 4.78 is 27.1. The van der Waals surface area contributed by atoms with Crippen LogP contribution in [0.5, 0.6) is 0 Å². The maximum atomic E-state index is 13.5. The first-order valence-corrected chi connectivity index (χ1v) is 9.40. The monoisotopic (exact) mass is 394 g/mol. The molecule has 1 saturated heterocycles. The molecule has 1 aliphatic heterocycles. The molecule has 5 nitrogen and oxygen atoms in total. The van der Waals surface area contributed by atoms with Gasteiger partial charge < -0.3 is 10.2 Å². The molecular weight excluding hydrogens is 374 g/mol. The van der Waals surface area contributed by atoms with Gasteiger partial charge in [0.25, 0.3) is 6.43 Å². The van der Waals surface area contributed by atoms with Gasteiger partial charge in [-0.1, -0.05) is 30.3 Å². The maximum absolute atomic E-state index is 13.5. The number of pyridine rings is 2. The summed E-state index contributed by atoms with van der Waals surface area (Å²) in [6, 6.07) is 16.1. The van der Waals surface area contributed by atoms with Gasteiger partial charge in [0.15, 0.2) is 0 Å². The number of halogens is 2. The zero-order valence-electron chi connectivity index (χ0n) is 15.6. The van der Waals surface area contributed by atoms with Crippen LogP contribution in [0.1, 0.15) is 39.6 Å². The largest absolute Gasteiger partial charge is 0.353 e. The molecule has 1 aromatic carbocycles. The molecule has 0 amide bonds. The van der Waals surface area contributed by atoms with E-state index in [0.717, 1.165) is 12.1 Å². The van der Waals surface area contributed by atoms with Gasteiger partial charge >= 0.3 is 0 Å². The van der Waals surface area contributed by atoms with E-state index in [2.05, 4.69) is 15.3 Å². The molecule has 1 aliphatic rings. The van der Waals surface area contributed by atoms with E-state index in [1.807, 2.05) is 35.2 Å². The number of nitrogens with zero attached hydrogens (tertiary/aromatic N) is 3. The molecule has 4 rings (SSSR count).